The number of nitrogens with zero attached hydrogens (tertiary/aromatic N) is 2. The molecule has 1 aromatic carbocycles. The number of hydrogen-bond acceptors (Lipinski definition) is 3. The summed E-state index contributed by atoms with van der Waals surface area (Å²) >= 11 is 0. The van der Waals surface area contributed by atoms with Crippen LogP contribution < -0.4 is 5.32 Å². The summed E-state index contributed by atoms with van der Waals surface area (Å²) in [7, 11) is 0. The van der Waals surface area contributed by atoms with E-state index in [-0.39, 0.29) is 24.1 Å². The van der Waals surface area contributed by atoms with Gasteiger partial charge in [-0.1, -0.05) is 19.1 Å². The third-order valence-electron chi connectivity index (χ3n) is 3.97. The molecular weight excluding hydrogens is 317 g/mol. The molecule has 0 saturated carbocycles. The van der Waals surface area contributed by atoms with Crippen LogP contribution in [0.3, 0.4) is 0 Å². The largest absolute Gasteiger partial charge is 0.340 e. The predicted octanol–water partition coefficient (Wildman–Crippen LogP) is 2.28. The van der Waals surface area contributed by atoms with E-state index < -0.39 is 0 Å². The second-order valence-electron chi connectivity index (χ2n) is 5.78. The van der Waals surface area contributed by atoms with Crippen LogP contribution >= 0.6 is 12.4 Å². The first kappa shape index (κ1) is 19.9. The van der Waals surface area contributed by atoms with E-state index in [1.54, 1.807) is 0 Å². The fourth-order valence-corrected chi connectivity index (χ4v) is 2.76. The molecule has 1 heterocycles. The number of amides is 1. The van der Waals surface area contributed by atoms with E-state index in [2.05, 4.69) is 17.1 Å². The highest BCUT2D eigenvalue weighted by Crippen LogP contribution is 2.08. The number of rotatable bonds is 7. The van der Waals surface area contributed by atoms with Gasteiger partial charge in [0.05, 0.1) is 0 Å². The normalized spacial score (nSPS) is 14.7. The third kappa shape index (κ3) is 6.85. The Balaban J connectivity index is 0.00000264. The highest BCUT2D eigenvalue weighted by molar-refractivity contribution is 5.85. The van der Waals surface area contributed by atoms with Crippen LogP contribution in [-0.2, 0) is 11.3 Å². The standard InChI is InChI=1S/C17H26FN3O.ClH/c1-2-10-20(14-15-3-5-16(18)6-4-15)11-7-17(22)21-12-8-19-9-13-21;/h3-6,19H,2,7-14H2,1H3;1H. The Kier molecular flexibility index (Phi) is 9.14. The Bertz CT molecular complexity index is 463. The number of carbonyl (C=O) groups is 1. The lowest BCUT2D eigenvalue weighted by atomic mass is 10.2. The van der Waals surface area contributed by atoms with Crippen LogP contribution in [0.25, 0.3) is 0 Å². The van der Waals surface area contributed by atoms with E-state index in [4.69, 9.17) is 0 Å². The summed E-state index contributed by atoms with van der Waals surface area (Å²) < 4.78 is 13.0. The van der Waals surface area contributed by atoms with Crippen molar-refractivity contribution >= 4 is 18.3 Å². The number of carbonyl (C=O) groups excluding carboxylic acids is 1. The summed E-state index contributed by atoms with van der Waals surface area (Å²) in [6, 6.07) is 6.61. The van der Waals surface area contributed by atoms with Crippen LogP contribution in [0.15, 0.2) is 24.3 Å². The Labute approximate surface area is 144 Å². The summed E-state index contributed by atoms with van der Waals surface area (Å²) in [6.07, 6.45) is 1.60. The molecule has 1 aliphatic heterocycles. The molecule has 1 N–H and O–H groups in total. The highest BCUT2D eigenvalue weighted by Gasteiger charge is 2.17. The molecule has 130 valence electrons. The Morgan fingerprint density at radius 2 is 1.87 bits per heavy atom. The molecule has 0 aliphatic carbocycles. The molecule has 23 heavy (non-hydrogen) atoms. The predicted molar refractivity (Wildman–Crippen MR) is 93.3 cm³/mol. The van der Waals surface area contributed by atoms with Crippen molar-refractivity contribution in [3.05, 3.63) is 35.6 Å². The van der Waals surface area contributed by atoms with Gasteiger partial charge in [-0.2, -0.15) is 0 Å². The summed E-state index contributed by atoms with van der Waals surface area (Å²) in [4.78, 5) is 16.4. The summed E-state index contributed by atoms with van der Waals surface area (Å²) in [5, 5.41) is 3.26. The summed E-state index contributed by atoms with van der Waals surface area (Å²) in [5.41, 5.74) is 1.09. The van der Waals surface area contributed by atoms with Gasteiger partial charge in [-0.3, -0.25) is 9.69 Å². The minimum Gasteiger partial charge on any atom is -0.340 e. The second-order valence-corrected chi connectivity index (χ2v) is 5.78. The van der Waals surface area contributed by atoms with Gasteiger partial charge in [-0.15, -0.1) is 12.4 Å². The van der Waals surface area contributed by atoms with Crippen molar-refractivity contribution in [3.8, 4) is 0 Å². The average molecular weight is 344 g/mol. The molecule has 0 aromatic heterocycles. The quantitative estimate of drug-likeness (QED) is 0.825. The van der Waals surface area contributed by atoms with Crippen molar-refractivity contribution in [3.63, 3.8) is 0 Å². The summed E-state index contributed by atoms with van der Waals surface area (Å²) in [6.45, 7) is 8.01. The number of nitrogens with one attached hydrogen (secondary N) is 1. The van der Waals surface area contributed by atoms with Gasteiger partial charge < -0.3 is 10.2 Å². The van der Waals surface area contributed by atoms with E-state index in [1.165, 1.54) is 12.1 Å². The molecule has 4 nitrogen and oxygen atoms in total. The first-order valence-electron chi connectivity index (χ1n) is 8.14. The van der Waals surface area contributed by atoms with Crippen molar-refractivity contribution in [1.82, 2.24) is 15.1 Å². The maximum Gasteiger partial charge on any atom is 0.223 e. The monoisotopic (exact) mass is 343 g/mol. The van der Waals surface area contributed by atoms with E-state index in [1.807, 2.05) is 17.0 Å². The first-order chi connectivity index (χ1) is 10.7. The molecule has 0 spiro atoms. The van der Waals surface area contributed by atoms with Gasteiger partial charge in [-0.05, 0) is 30.7 Å². The van der Waals surface area contributed by atoms with Crippen molar-refractivity contribution in [1.29, 1.82) is 0 Å². The lowest BCUT2D eigenvalue weighted by Gasteiger charge is -2.29. The van der Waals surface area contributed by atoms with Crippen LogP contribution in [0, 0.1) is 5.82 Å². The van der Waals surface area contributed by atoms with Crippen molar-refractivity contribution < 1.29 is 9.18 Å². The zero-order valence-corrected chi connectivity index (χ0v) is 14.6. The molecule has 0 radical (unpaired) electrons. The average Bonchev–Trinajstić information content (AvgIpc) is 2.55. The van der Waals surface area contributed by atoms with Crippen LogP contribution in [0.4, 0.5) is 4.39 Å². The lowest BCUT2D eigenvalue weighted by Crippen LogP contribution is -2.47. The lowest BCUT2D eigenvalue weighted by molar-refractivity contribution is -0.132. The Morgan fingerprint density at radius 3 is 2.48 bits per heavy atom. The fourth-order valence-electron chi connectivity index (χ4n) is 2.76. The highest BCUT2D eigenvalue weighted by atomic mass is 35.5. The first-order valence-corrected chi connectivity index (χ1v) is 8.14. The van der Waals surface area contributed by atoms with Gasteiger partial charge in [0.2, 0.25) is 5.91 Å². The van der Waals surface area contributed by atoms with Gasteiger partial charge in [0.25, 0.3) is 0 Å². The zero-order chi connectivity index (χ0) is 15.8. The van der Waals surface area contributed by atoms with Crippen molar-refractivity contribution in [2.75, 3.05) is 39.3 Å². The minimum absolute atomic E-state index is 0. The number of benzene rings is 1. The van der Waals surface area contributed by atoms with Gasteiger partial charge in [0, 0.05) is 45.7 Å². The van der Waals surface area contributed by atoms with Gasteiger partial charge in [-0.25, -0.2) is 4.39 Å². The number of hydrogen-bond donors (Lipinski definition) is 1. The molecule has 0 atom stereocenters. The van der Waals surface area contributed by atoms with E-state index >= 15 is 0 Å². The molecule has 1 aliphatic rings. The third-order valence-corrected chi connectivity index (χ3v) is 3.97. The summed E-state index contributed by atoms with van der Waals surface area (Å²) in [5.74, 6) is 0.0291. The van der Waals surface area contributed by atoms with Crippen molar-refractivity contribution in [2.45, 2.75) is 26.3 Å². The molecule has 1 amide bonds. The van der Waals surface area contributed by atoms with Crippen molar-refractivity contribution in [2.24, 2.45) is 0 Å². The molecule has 0 unspecified atom stereocenters. The van der Waals surface area contributed by atoms with Crippen LogP contribution in [-0.4, -0.2) is 55.0 Å². The van der Waals surface area contributed by atoms with Gasteiger partial charge in [0.15, 0.2) is 0 Å². The Morgan fingerprint density at radius 1 is 1.22 bits per heavy atom. The molecule has 2 rings (SSSR count). The molecule has 1 aromatic rings. The van der Waals surface area contributed by atoms with Gasteiger partial charge >= 0.3 is 0 Å². The van der Waals surface area contributed by atoms with Gasteiger partial charge in [0.1, 0.15) is 5.82 Å². The fraction of sp³-hybridized carbons (Fsp3) is 0.588. The van der Waals surface area contributed by atoms with Crippen LogP contribution in [0.2, 0.25) is 0 Å². The topological polar surface area (TPSA) is 35.6 Å². The minimum atomic E-state index is -0.209. The molecule has 6 heteroatoms. The van der Waals surface area contributed by atoms with E-state index in [0.717, 1.165) is 57.8 Å². The Hall–Kier alpha value is -1.17. The number of halogens is 2. The maximum atomic E-state index is 13.0. The molecule has 0 bridgehead atoms. The molecule has 1 saturated heterocycles. The smallest absolute Gasteiger partial charge is 0.223 e. The second kappa shape index (κ2) is 10.6. The molecular formula is C17H27ClFN3O. The maximum absolute atomic E-state index is 13.0. The van der Waals surface area contributed by atoms with Crippen LogP contribution in [0.5, 0.6) is 0 Å². The molecule has 1 fully saturated rings. The number of piperazine rings is 1. The SMILES string of the molecule is CCCN(CCC(=O)N1CCNCC1)Cc1ccc(F)cc1.Cl. The van der Waals surface area contributed by atoms with Crippen LogP contribution in [0.1, 0.15) is 25.3 Å². The zero-order valence-electron chi connectivity index (χ0n) is 13.8. The van der Waals surface area contributed by atoms with E-state index in [0.29, 0.717) is 6.42 Å². The van der Waals surface area contributed by atoms with E-state index in [9.17, 15) is 9.18 Å².